The van der Waals surface area contributed by atoms with Crippen LogP contribution in [-0.4, -0.2) is 28.0 Å². The summed E-state index contributed by atoms with van der Waals surface area (Å²) in [5.74, 6) is 0.462. The molecule has 0 radical (unpaired) electrons. The molecule has 2 heterocycles. The number of nitrogens with zero attached hydrogens (tertiary/aromatic N) is 3. The Morgan fingerprint density at radius 3 is 2.33 bits per heavy atom. The van der Waals surface area contributed by atoms with E-state index in [1.165, 1.54) is 12.3 Å². The number of carbonyl (C=O) groups is 2. The van der Waals surface area contributed by atoms with Crippen molar-refractivity contribution in [2.24, 2.45) is 40.6 Å². The van der Waals surface area contributed by atoms with Crippen LogP contribution in [0.25, 0.3) is 0 Å². The number of amides is 2. The molecule has 6 atom stereocenters. The number of hydrazone groups is 1. The fraction of sp³-hybridized carbons (Fsp3) is 0.438. The second-order valence-electron chi connectivity index (χ2n) is 6.82. The van der Waals surface area contributed by atoms with Gasteiger partial charge in [-0.25, -0.2) is 0 Å². The van der Waals surface area contributed by atoms with Crippen LogP contribution in [0, 0.1) is 45.6 Å². The van der Waals surface area contributed by atoms with Crippen molar-refractivity contribution in [1.82, 2.24) is 5.01 Å². The fourth-order valence-electron chi connectivity index (χ4n) is 4.68. The highest BCUT2D eigenvalue weighted by atomic mass is 32.1. The Balaban J connectivity index is 1.42. The maximum absolute atomic E-state index is 12.7. The minimum Gasteiger partial charge on any atom is -0.272 e. The molecule has 3 fully saturated rings. The van der Waals surface area contributed by atoms with Crippen molar-refractivity contribution in [3.05, 3.63) is 39.3 Å². The van der Waals surface area contributed by atoms with Gasteiger partial charge in [-0.15, -0.1) is 0 Å². The zero-order chi connectivity index (χ0) is 16.6. The lowest BCUT2D eigenvalue weighted by atomic mass is 9.63. The molecule has 1 saturated heterocycles. The quantitative estimate of drug-likeness (QED) is 0.276. The summed E-state index contributed by atoms with van der Waals surface area (Å²) in [4.78, 5) is 36.2. The molecule has 24 heavy (non-hydrogen) atoms. The Kier molecular flexibility index (Phi) is 2.69. The third-order valence-corrected chi connectivity index (χ3v) is 6.70. The van der Waals surface area contributed by atoms with Gasteiger partial charge in [-0.05, 0) is 36.2 Å². The summed E-state index contributed by atoms with van der Waals surface area (Å²) in [7, 11) is 0. The molecule has 7 nitrogen and oxygen atoms in total. The third-order valence-electron chi connectivity index (χ3n) is 5.73. The molecule has 0 N–H and O–H groups in total. The normalized spacial score (nSPS) is 38.8. The van der Waals surface area contributed by atoms with Crippen LogP contribution in [0.5, 0.6) is 0 Å². The third kappa shape index (κ3) is 1.74. The Morgan fingerprint density at radius 1 is 1.17 bits per heavy atom. The van der Waals surface area contributed by atoms with Crippen molar-refractivity contribution >= 4 is 34.4 Å². The molecule has 0 aromatic carbocycles. The summed E-state index contributed by atoms with van der Waals surface area (Å²) in [5.41, 5.74) is 0. The lowest BCUT2D eigenvalue weighted by molar-refractivity contribution is -0.380. The van der Waals surface area contributed by atoms with E-state index in [-0.39, 0.29) is 40.5 Å². The summed E-state index contributed by atoms with van der Waals surface area (Å²) < 4.78 is 0. The Hall–Kier alpha value is -2.35. The van der Waals surface area contributed by atoms with E-state index in [0.717, 1.165) is 22.8 Å². The highest BCUT2D eigenvalue weighted by molar-refractivity contribution is 7.16. The molecular formula is C16H13N3O4S. The van der Waals surface area contributed by atoms with E-state index >= 15 is 0 Å². The van der Waals surface area contributed by atoms with Crippen molar-refractivity contribution in [1.29, 1.82) is 0 Å². The fourth-order valence-corrected chi connectivity index (χ4v) is 5.37. The Bertz CT molecular complexity index is 808. The molecule has 1 aromatic heterocycles. The second-order valence-corrected chi connectivity index (χ2v) is 7.91. The topological polar surface area (TPSA) is 92.9 Å². The number of hydrogen-bond donors (Lipinski definition) is 0. The van der Waals surface area contributed by atoms with E-state index in [2.05, 4.69) is 17.3 Å². The predicted octanol–water partition coefficient (Wildman–Crippen LogP) is 2.04. The lowest BCUT2D eigenvalue weighted by Gasteiger charge is -2.37. The van der Waals surface area contributed by atoms with Crippen LogP contribution in [-0.2, 0) is 9.59 Å². The van der Waals surface area contributed by atoms with Gasteiger partial charge in [-0.2, -0.15) is 10.1 Å². The molecule has 6 rings (SSSR count). The average molecular weight is 343 g/mol. The zero-order valence-corrected chi connectivity index (χ0v) is 13.3. The average Bonchev–Trinajstić information content (AvgIpc) is 3.20. The van der Waals surface area contributed by atoms with Crippen LogP contribution >= 0.6 is 11.3 Å². The minimum absolute atomic E-state index is 0.00604. The first kappa shape index (κ1) is 14.0. The van der Waals surface area contributed by atoms with Gasteiger partial charge in [-0.1, -0.05) is 23.5 Å². The van der Waals surface area contributed by atoms with Gasteiger partial charge in [0.2, 0.25) is 0 Å². The molecule has 0 spiro atoms. The second kappa shape index (κ2) is 4.60. The number of carbonyl (C=O) groups excluding carboxylic acids is 2. The van der Waals surface area contributed by atoms with Gasteiger partial charge in [0.05, 0.1) is 27.9 Å². The van der Waals surface area contributed by atoms with Crippen LogP contribution < -0.4 is 0 Å². The van der Waals surface area contributed by atoms with E-state index < -0.39 is 4.92 Å². The summed E-state index contributed by atoms with van der Waals surface area (Å²) in [5, 5.41) is 15.8. The van der Waals surface area contributed by atoms with E-state index in [1.807, 2.05) is 0 Å². The smallest absolute Gasteiger partial charge is 0.272 e. The molecular weight excluding hydrogens is 330 g/mol. The van der Waals surface area contributed by atoms with Crippen LogP contribution in [0.4, 0.5) is 5.00 Å². The van der Waals surface area contributed by atoms with E-state index in [0.29, 0.717) is 16.7 Å². The summed E-state index contributed by atoms with van der Waals surface area (Å²) in [6.45, 7) is 0. The van der Waals surface area contributed by atoms with Gasteiger partial charge in [-0.3, -0.25) is 19.7 Å². The zero-order valence-electron chi connectivity index (χ0n) is 12.4. The summed E-state index contributed by atoms with van der Waals surface area (Å²) in [6, 6.07) is 2.95. The van der Waals surface area contributed by atoms with E-state index in [4.69, 9.17) is 0 Å². The van der Waals surface area contributed by atoms with Crippen LogP contribution in [0.1, 0.15) is 11.3 Å². The Labute approximate surface area is 140 Å². The van der Waals surface area contributed by atoms with Crippen molar-refractivity contribution in [2.45, 2.75) is 6.42 Å². The van der Waals surface area contributed by atoms with Crippen molar-refractivity contribution < 1.29 is 14.5 Å². The first-order valence-corrected chi connectivity index (χ1v) is 8.72. The van der Waals surface area contributed by atoms with E-state index in [1.54, 1.807) is 6.07 Å². The largest absolute Gasteiger partial charge is 0.324 e. The molecule has 2 amide bonds. The maximum Gasteiger partial charge on any atom is 0.324 e. The maximum atomic E-state index is 12.7. The molecule has 0 unspecified atom stereocenters. The summed E-state index contributed by atoms with van der Waals surface area (Å²) in [6.07, 6.45) is 6.71. The minimum atomic E-state index is -0.474. The van der Waals surface area contributed by atoms with Gasteiger partial charge in [0, 0.05) is 6.07 Å². The molecule has 5 aliphatic rings. The van der Waals surface area contributed by atoms with Crippen molar-refractivity contribution in [3.63, 3.8) is 0 Å². The van der Waals surface area contributed by atoms with E-state index in [9.17, 15) is 19.7 Å². The van der Waals surface area contributed by atoms with Gasteiger partial charge >= 0.3 is 5.00 Å². The monoisotopic (exact) mass is 343 g/mol. The molecule has 8 heteroatoms. The molecule has 122 valence electrons. The molecule has 1 aromatic rings. The first-order chi connectivity index (χ1) is 11.6. The molecule has 4 aliphatic carbocycles. The number of allylic oxidation sites excluding steroid dienone is 2. The highest BCUT2D eigenvalue weighted by Crippen LogP contribution is 2.65. The van der Waals surface area contributed by atoms with Gasteiger partial charge in [0.25, 0.3) is 11.8 Å². The van der Waals surface area contributed by atoms with Crippen molar-refractivity contribution in [3.8, 4) is 0 Å². The number of nitro groups is 1. The standard InChI is InChI=1S/C16H13N3O4S/c20-15-13-8-2-3-9(11-5-10(8)11)14(13)16(21)18(15)17-6-7-1-4-12(24-7)19(22)23/h1-4,6,8-11,13-14H,5H2/b17-6-/t8-,9-,10-,11+,13+,14-/m1/s1. The first-order valence-electron chi connectivity index (χ1n) is 7.90. The Morgan fingerprint density at radius 2 is 1.79 bits per heavy atom. The number of hydrogen-bond acceptors (Lipinski definition) is 6. The summed E-state index contributed by atoms with van der Waals surface area (Å²) >= 11 is 0.963. The van der Waals surface area contributed by atoms with Crippen molar-refractivity contribution in [2.75, 3.05) is 0 Å². The van der Waals surface area contributed by atoms with Crippen LogP contribution in [0.15, 0.2) is 29.4 Å². The van der Waals surface area contributed by atoms with Crippen LogP contribution in [0.2, 0.25) is 0 Å². The van der Waals surface area contributed by atoms with Crippen LogP contribution in [0.3, 0.4) is 0 Å². The SMILES string of the molecule is O=C1[C@@H]2[C@@H]3C=C[C@H]([C@H]4C[C@@H]34)[C@@H]2C(=O)N1/N=C\c1ccc([N+](=O)[O-])s1. The number of imide groups is 1. The van der Waals surface area contributed by atoms with Gasteiger partial charge < -0.3 is 0 Å². The lowest BCUT2D eigenvalue weighted by Crippen LogP contribution is -2.40. The molecule has 1 aliphatic heterocycles. The van der Waals surface area contributed by atoms with Gasteiger partial charge in [0.1, 0.15) is 0 Å². The highest BCUT2D eigenvalue weighted by Gasteiger charge is 2.67. The number of rotatable bonds is 3. The molecule has 2 saturated carbocycles. The number of thiophene rings is 1. The predicted molar refractivity (Wildman–Crippen MR) is 85.1 cm³/mol. The molecule has 2 bridgehead atoms. The van der Waals surface area contributed by atoms with Gasteiger partial charge in [0.15, 0.2) is 0 Å².